The van der Waals surface area contributed by atoms with Gasteiger partial charge in [0, 0.05) is 17.4 Å². The first kappa shape index (κ1) is 15.8. The number of rotatable bonds is 5. The Hall–Kier alpha value is -2.63. The maximum atomic E-state index is 12.0. The Kier molecular flexibility index (Phi) is 4.93. The number of carbonyl (C=O) groups is 1. The quantitative estimate of drug-likeness (QED) is 0.888. The van der Waals surface area contributed by atoms with Crippen molar-refractivity contribution in [1.29, 1.82) is 0 Å². The third kappa shape index (κ3) is 4.18. The van der Waals surface area contributed by atoms with Gasteiger partial charge >= 0.3 is 0 Å². The number of hydrogen-bond donors (Lipinski definition) is 2. The standard InChI is InChI=1S/C16H20N4O2/c1-10(2)17-15(21)14-9-11(3)18-16(20-14)19-12-5-7-13(22-4)8-6-12/h5-10H,1-4H3,(H,17,21)(H,18,19,20). The van der Waals surface area contributed by atoms with Crippen LogP contribution in [-0.4, -0.2) is 29.0 Å². The van der Waals surface area contributed by atoms with E-state index in [1.165, 1.54) is 0 Å². The largest absolute Gasteiger partial charge is 0.497 e. The minimum Gasteiger partial charge on any atom is -0.497 e. The van der Waals surface area contributed by atoms with E-state index in [9.17, 15) is 4.79 Å². The molecule has 116 valence electrons. The van der Waals surface area contributed by atoms with Gasteiger partial charge < -0.3 is 15.4 Å². The van der Waals surface area contributed by atoms with Crippen LogP contribution in [0.1, 0.15) is 30.0 Å². The van der Waals surface area contributed by atoms with Crippen LogP contribution in [-0.2, 0) is 0 Å². The number of nitrogens with one attached hydrogen (secondary N) is 2. The second kappa shape index (κ2) is 6.89. The molecule has 1 heterocycles. The van der Waals surface area contributed by atoms with E-state index in [-0.39, 0.29) is 11.9 Å². The summed E-state index contributed by atoms with van der Waals surface area (Å²) in [6, 6.07) is 9.11. The van der Waals surface area contributed by atoms with Crippen molar-refractivity contribution in [2.24, 2.45) is 0 Å². The SMILES string of the molecule is COc1ccc(Nc2nc(C)cc(C(=O)NC(C)C)n2)cc1. The molecule has 0 aliphatic heterocycles. The van der Waals surface area contributed by atoms with Crippen LogP contribution in [0.2, 0.25) is 0 Å². The highest BCUT2D eigenvalue weighted by Gasteiger charge is 2.11. The highest BCUT2D eigenvalue weighted by atomic mass is 16.5. The van der Waals surface area contributed by atoms with Crippen molar-refractivity contribution in [3.63, 3.8) is 0 Å². The van der Waals surface area contributed by atoms with E-state index in [2.05, 4.69) is 20.6 Å². The van der Waals surface area contributed by atoms with Crippen molar-refractivity contribution in [3.05, 3.63) is 41.7 Å². The molecule has 0 fully saturated rings. The molecule has 6 nitrogen and oxygen atoms in total. The number of nitrogens with zero attached hydrogens (tertiary/aromatic N) is 2. The van der Waals surface area contributed by atoms with Gasteiger partial charge in [-0.25, -0.2) is 9.97 Å². The summed E-state index contributed by atoms with van der Waals surface area (Å²) < 4.78 is 5.11. The van der Waals surface area contributed by atoms with Gasteiger partial charge in [-0.15, -0.1) is 0 Å². The number of aryl methyl sites for hydroxylation is 1. The topological polar surface area (TPSA) is 76.1 Å². The van der Waals surface area contributed by atoms with Crippen LogP contribution in [0.5, 0.6) is 5.75 Å². The lowest BCUT2D eigenvalue weighted by atomic mass is 10.3. The van der Waals surface area contributed by atoms with E-state index in [4.69, 9.17) is 4.74 Å². The van der Waals surface area contributed by atoms with Crippen molar-refractivity contribution >= 4 is 17.5 Å². The van der Waals surface area contributed by atoms with E-state index in [0.29, 0.717) is 11.6 Å². The minimum absolute atomic E-state index is 0.0563. The number of carbonyl (C=O) groups excluding carboxylic acids is 1. The van der Waals surface area contributed by atoms with Crippen molar-refractivity contribution in [3.8, 4) is 5.75 Å². The molecule has 22 heavy (non-hydrogen) atoms. The fourth-order valence-electron chi connectivity index (χ4n) is 1.88. The normalized spacial score (nSPS) is 10.4. The number of aromatic nitrogens is 2. The van der Waals surface area contributed by atoms with Gasteiger partial charge in [-0.05, 0) is 51.1 Å². The van der Waals surface area contributed by atoms with Gasteiger partial charge in [-0.2, -0.15) is 0 Å². The average Bonchev–Trinajstić information content (AvgIpc) is 2.46. The summed E-state index contributed by atoms with van der Waals surface area (Å²) in [5.41, 5.74) is 1.89. The zero-order chi connectivity index (χ0) is 16.1. The Morgan fingerprint density at radius 2 is 1.86 bits per heavy atom. The smallest absolute Gasteiger partial charge is 0.270 e. The summed E-state index contributed by atoms with van der Waals surface area (Å²) in [6.07, 6.45) is 0. The fourth-order valence-corrected chi connectivity index (χ4v) is 1.88. The van der Waals surface area contributed by atoms with Crippen LogP contribution < -0.4 is 15.4 Å². The number of anilines is 2. The first-order chi connectivity index (χ1) is 10.5. The molecule has 0 aliphatic carbocycles. The minimum atomic E-state index is -0.210. The second-order valence-electron chi connectivity index (χ2n) is 5.20. The summed E-state index contributed by atoms with van der Waals surface area (Å²) in [4.78, 5) is 20.6. The summed E-state index contributed by atoms with van der Waals surface area (Å²) in [5, 5.41) is 5.91. The molecule has 0 saturated heterocycles. The number of benzene rings is 1. The lowest BCUT2D eigenvalue weighted by molar-refractivity contribution is 0.0938. The first-order valence-electron chi connectivity index (χ1n) is 7.05. The number of hydrogen-bond acceptors (Lipinski definition) is 5. The molecule has 1 amide bonds. The van der Waals surface area contributed by atoms with Crippen LogP contribution in [0.25, 0.3) is 0 Å². The molecule has 1 aromatic carbocycles. The molecular formula is C16H20N4O2. The van der Waals surface area contributed by atoms with E-state index in [1.54, 1.807) is 13.2 Å². The summed E-state index contributed by atoms with van der Waals surface area (Å²) in [6.45, 7) is 5.64. The molecule has 2 N–H and O–H groups in total. The fraction of sp³-hybridized carbons (Fsp3) is 0.312. The van der Waals surface area contributed by atoms with Gasteiger partial charge in [0.15, 0.2) is 0 Å². The molecule has 0 bridgehead atoms. The number of amides is 1. The number of ether oxygens (including phenoxy) is 1. The summed E-state index contributed by atoms with van der Waals surface area (Å²) >= 11 is 0. The Morgan fingerprint density at radius 1 is 1.18 bits per heavy atom. The Labute approximate surface area is 129 Å². The molecule has 2 aromatic rings. The van der Waals surface area contributed by atoms with Crippen molar-refractivity contribution in [2.45, 2.75) is 26.8 Å². The Balaban J connectivity index is 2.20. The predicted octanol–water partition coefficient (Wildman–Crippen LogP) is 2.68. The van der Waals surface area contributed by atoms with Crippen LogP contribution in [0.4, 0.5) is 11.6 Å². The Morgan fingerprint density at radius 3 is 2.45 bits per heavy atom. The molecule has 0 aliphatic rings. The van der Waals surface area contributed by atoms with Gasteiger partial charge in [0.25, 0.3) is 5.91 Å². The predicted molar refractivity (Wildman–Crippen MR) is 85.6 cm³/mol. The van der Waals surface area contributed by atoms with E-state index in [1.807, 2.05) is 45.0 Å². The van der Waals surface area contributed by atoms with Gasteiger partial charge in [-0.1, -0.05) is 0 Å². The highest BCUT2D eigenvalue weighted by molar-refractivity contribution is 5.92. The molecule has 2 rings (SSSR count). The monoisotopic (exact) mass is 300 g/mol. The number of methoxy groups -OCH3 is 1. The molecular weight excluding hydrogens is 280 g/mol. The molecule has 0 atom stereocenters. The maximum Gasteiger partial charge on any atom is 0.270 e. The van der Waals surface area contributed by atoms with Crippen molar-refractivity contribution in [1.82, 2.24) is 15.3 Å². The summed E-state index contributed by atoms with van der Waals surface area (Å²) in [5.74, 6) is 0.949. The second-order valence-corrected chi connectivity index (χ2v) is 5.20. The molecule has 6 heteroatoms. The first-order valence-corrected chi connectivity index (χ1v) is 7.05. The summed E-state index contributed by atoms with van der Waals surface area (Å²) in [7, 11) is 1.62. The lowest BCUT2D eigenvalue weighted by Gasteiger charge is -2.10. The molecule has 0 spiro atoms. The molecule has 1 aromatic heterocycles. The molecule has 0 saturated carbocycles. The van der Waals surface area contributed by atoms with E-state index < -0.39 is 0 Å². The van der Waals surface area contributed by atoms with E-state index in [0.717, 1.165) is 17.1 Å². The Bertz CT molecular complexity index is 654. The lowest BCUT2D eigenvalue weighted by Crippen LogP contribution is -2.31. The van der Waals surface area contributed by atoms with E-state index >= 15 is 0 Å². The maximum absolute atomic E-state index is 12.0. The van der Waals surface area contributed by atoms with Crippen molar-refractivity contribution in [2.75, 3.05) is 12.4 Å². The average molecular weight is 300 g/mol. The van der Waals surface area contributed by atoms with Gasteiger partial charge in [-0.3, -0.25) is 4.79 Å². The van der Waals surface area contributed by atoms with Gasteiger partial charge in [0.2, 0.25) is 5.95 Å². The van der Waals surface area contributed by atoms with Crippen LogP contribution in [0.15, 0.2) is 30.3 Å². The molecule has 0 unspecified atom stereocenters. The highest BCUT2D eigenvalue weighted by Crippen LogP contribution is 2.18. The van der Waals surface area contributed by atoms with Crippen molar-refractivity contribution < 1.29 is 9.53 Å². The zero-order valence-corrected chi connectivity index (χ0v) is 13.2. The molecule has 0 radical (unpaired) electrons. The third-order valence-corrected chi connectivity index (χ3v) is 2.85. The third-order valence-electron chi connectivity index (χ3n) is 2.85. The van der Waals surface area contributed by atoms with Crippen LogP contribution >= 0.6 is 0 Å². The van der Waals surface area contributed by atoms with Crippen LogP contribution in [0, 0.1) is 6.92 Å². The van der Waals surface area contributed by atoms with Gasteiger partial charge in [0.1, 0.15) is 11.4 Å². The van der Waals surface area contributed by atoms with Crippen LogP contribution in [0.3, 0.4) is 0 Å². The zero-order valence-electron chi connectivity index (χ0n) is 13.2. The van der Waals surface area contributed by atoms with Gasteiger partial charge in [0.05, 0.1) is 7.11 Å².